The lowest BCUT2D eigenvalue weighted by atomic mass is 10.1. The van der Waals surface area contributed by atoms with Crippen LogP contribution in [0.1, 0.15) is 13.8 Å². The molecule has 0 spiro atoms. The Kier molecular flexibility index (Phi) is 4.40. The largest absolute Gasteiger partial charge is 0.380 e. The number of methoxy groups -OCH3 is 1. The molecule has 0 aromatic rings. The molecular weight excluding hydrogens is 170 g/mol. The van der Waals surface area contributed by atoms with E-state index in [4.69, 9.17) is 4.74 Å². The number of hydrogen-bond donors (Lipinski definition) is 1. The lowest BCUT2D eigenvalue weighted by Gasteiger charge is -2.29. The van der Waals surface area contributed by atoms with Gasteiger partial charge in [0.15, 0.2) is 0 Å². The van der Waals surface area contributed by atoms with Crippen LogP contribution in [-0.2, 0) is 4.74 Å². The van der Waals surface area contributed by atoms with Crippen LogP contribution >= 0.6 is 11.8 Å². The standard InChI is InChI=1S/C9H19NOS/c1-7(2)9(11-3)4-10-8-5-12-6-8/h7-10H,4-6H2,1-3H3. The van der Waals surface area contributed by atoms with E-state index in [1.807, 2.05) is 11.8 Å². The van der Waals surface area contributed by atoms with E-state index < -0.39 is 0 Å². The molecule has 12 heavy (non-hydrogen) atoms. The maximum absolute atomic E-state index is 5.36. The molecule has 1 rings (SSSR count). The third kappa shape index (κ3) is 2.96. The summed E-state index contributed by atoms with van der Waals surface area (Å²) in [6.45, 7) is 5.40. The van der Waals surface area contributed by atoms with E-state index >= 15 is 0 Å². The predicted molar refractivity (Wildman–Crippen MR) is 54.8 cm³/mol. The second-order valence-electron chi connectivity index (χ2n) is 3.66. The van der Waals surface area contributed by atoms with Crippen LogP contribution in [0.4, 0.5) is 0 Å². The Bertz CT molecular complexity index is 126. The first kappa shape index (κ1) is 10.4. The van der Waals surface area contributed by atoms with Gasteiger partial charge in [0.25, 0.3) is 0 Å². The van der Waals surface area contributed by atoms with Crippen molar-refractivity contribution < 1.29 is 4.74 Å². The van der Waals surface area contributed by atoms with Gasteiger partial charge in [-0.15, -0.1) is 0 Å². The van der Waals surface area contributed by atoms with Gasteiger partial charge in [-0.25, -0.2) is 0 Å². The monoisotopic (exact) mass is 189 g/mol. The molecule has 0 aromatic heterocycles. The average molecular weight is 189 g/mol. The van der Waals surface area contributed by atoms with Crippen molar-refractivity contribution in [3.63, 3.8) is 0 Å². The molecule has 0 aliphatic carbocycles. The second kappa shape index (κ2) is 5.10. The van der Waals surface area contributed by atoms with Gasteiger partial charge in [0.2, 0.25) is 0 Å². The van der Waals surface area contributed by atoms with Gasteiger partial charge in [0, 0.05) is 31.2 Å². The van der Waals surface area contributed by atoms with Crippen LogP contribution in [0, 0.1) is 5.92 Å². The van der Waals surface area contributed by atoms with Gasteiger partial charge in [0.05, 0.1) is 6.10 Å². The molecule has 0 aromatic carbocycles. The summed E-state index contributed by atoms with van der Waals surface area (Å²) in [4.78, 5) is 0. The summed E-state index contributed by atoms with van der Waals surface area (Å²) in [7, 11) is 1.79. The van der Waals surface area contributed by atoms with Crippen molar-refractivity contribution in [1.29, 1.82) is 0 Å². The molecule has 0 saturated carbocycles. The Labute approximate surface area is 79.4 Å². The summed E-state index contributed by atoms with van der Waals surface area (Å²) in [6, 6.07) is 0.742. The zero-order valence-electron chi connectivity index (χ0n) is 8.17. The summed E-state index contributed by atoms with van der Waals surface area (Å²) < 4.78 is 5.36. The first-order chi connectivity index (χ1) is 5.74. The van der Waals surface area contributed by atoms with E-state index in [9.17, 15) is 0 Å². The highest BCUT2D eigenvalue weighted by atomic mass is 32.2. The fourth-order valence-electron chi connectivity index (χ4n) is 1.23. The van der Waals surface area contributed by atoms with Crippen molar-refractivity contribution in [2.24, 2.45) is 5.92 Å². The molecule has 1 saturated heterocycles. The first-order valence-corrected chi connectivity index (χ1v) is 5.73. The molecular formula is C9H19NOS. The maximum atomic E-state index is 5.36. The molecule has 1 heterocycles. The van der Waals surface area contributed by atoms with Gasteiger partial charge >= 0.3 is 0 Å². The highest BCUT2D eigenvalue weighted by molar-refractivity contribution is 8.00. The van der Waals surface area contributed by atoms with E-state index in [1.165, 1.54) is 11.5 Å². The van der Waals surface area contributed by atoms with Crippen LogP contribution in [0.25, 0.3) is 0 Å². The van der Waals surface area contributed by atoms with Gasteiger partial charge < -0.3 is 10.1 Å². The molecule has 0 amide bonds. The molecule has 1 N–H and O–H groups in total. The van der Waals surface area contributed by atoms with E-state index in [0.29, 0.717) is 12.0 Å². The second-order valence-corrected chi connectivity index (χ2v) is 4.74. The van der Waals surface area contributed by atoms with Crippen LogP contribution in [-0.4, -0.2) is 37.3 Å². The van der Waals surface area contributed by atoms with Crippen molar-refractivity contribution in [2.45, 2.75) is 26.0 Å². The van der Waals surface area contributed by atoms with Crippen molar-refractivity contribution >= 4 is 11.8 Å². The number of thioether (sulfide) groups is 1. The van der Waals surface area contributed by atoms with E-state index in [0.717, 1.165) is 12.6 Å². The van der Waals surface area contributed by atoms with E-state index in [2.05, 4.69) is 19.2 Å². The Morgan fingerprint density at radius 1 is 1.50 bits per heavy atom. The van der Waals surface area contributed by atoms with Gasteiger partial charge in [-0.05, 0) is 5.92 Å². The first-order valence-electron chi connectivity index (χ1n) is 4.58. The Hall–Kier alpha value is 0.270. The minimum atomic E-state index is 0.371. The quantitative estimate of drug-likeness (QED) is 0.705. The maximum Gasteiger partial charge on any atom is 0.0718 e. The SMILES string of the molecule is COC(CNC1CSC1)C(C)C. The van der Waals surface area contributed by atoms with E-state index in [-0.39, 0.29) is 0 Å². The lowest BCUT2D eigenvalue weighted by Crippen LogP contribution is -2.45. The Balaban J connectivity index is 2.09. The normalized spacial score (nSPS) is 21.0. The summed E-state index contributed by atoms with van der Waals surface area (Å²) in [5.41, 5.74) is 0. The summed E-state index contributed by atoms with van der Waals surface area (Å²) in [5.74, 6) is 3.15. The fraction of sp³-hybridized carbons (Fsp3) is 1.00. The minimum Gasteiger partial charge on any atom is -0.380 e. The lowest BCUT2D eigenvalue weighted by molar-refractivity contribution is 0.0633. The van der Waals surface area contributed by atoms with Gasteiger partial charge in [-0.2, -0.15) is 11.8 Å². The molecule has 0 radical (unpaired) electrons. The molecule has 2 nitrogen and oxygen atoms in total. The van der Waals surface area contributed by atoms with Crippen LogP contribution in [0.15, 0.2) is 0 Å². The van der Waals surface area contributed by atoms with Crippen LogP contribution < -0.4 is 5.32 Å². The number of hydrogen-bond acceptors (Lipinski definition) is 3. The fourth-order valence-corrected chi connectivity index (χ4v) is 1.93. The zero-order chi connectivity index (χ0) is 8.97. The van der Waals surface area contributed by atoms with Crippen LogP contribution in [0.5, 0.6) is 0 Å². The van der Waals surface area contributed by atoms with Gasteiger partial charge in [-0.1, -0.05) is 13.8 Å². The topological polar surface area (TPSA) is 21.3 Å². The summed E-state index contributed by atoms with van der Waals surface area (Å²) in [6.07, 6.45) is 0.371. The molecule has 1 aliphatic heterocycles. The van der Waals surface area contributed by atoms with Crippen molar-refractivity contribution in [2.75, 3.05) is 25.2 Å². The smallest absolute Gasteiger partial charge is 0.0718 e. The minimum absolute atomic E-state index is 0.371. The summed E-state index contributed by atoms with van der Waals surface area (Å²) in [5, 5.41) is 3.51. The highest BCUT2D eigenvalue weighted by Crippen LogP contribution is 2.17. The number of nitrogens with one attached hydrogen (secondary N) is 1. The van der Waals surface area contributed by atoms with Crippen molar-refractivity contribution in [3.8, 4) is 0 Å². The van der Waals surface area contributed by atoms with Gasteiger partial charge in [0.1, 0.15) is 0 Å². The third-order valence-corrected chi connectivity index (χ3v) is 3.57. The van der Waals surface area contributed by atoms with Crippen LogP contribution in [0.2, 0.25) is 0 Å². The van der Waals surface area contributed by atoms with Gasteiger partial charge in [-0.3, -0.25) is 0 Å². The molecule has 0 bridgehead atoms. The van der Waals surface area contributed by atoms with Crippen molar-refractivity contribution in [3.05, 3.63) is 0 Å². The molecule has 1 atom stereocenters. The number of ether oxygens (including phenoxy) is 1. The zero-order valence-corrected chi connectivity index (χ0v) is 8.99. The highest BCUT2D eigenvalue weighted by Gasteiger charge is 2.19. The molecule has 72 valence electrons. The average Bonchev–Trinajstić information content (AvgIpc) is 1.93. The van der Waals surface area contributed by atoms with Crippen LogP contribution in [0.3, 0.4) is 0 Å². The Morgan fingerprint density at radius 2 is 2.17 bits per heavy atom. The molecule has 1 aliphatic rings. The predicted octanol–water partition coefficient (Wildman–Crippen LogP) is 1.36. The van der Waals surface area contributed by atoms with E-state index in [1.54, 1.807) is 7.11 Å². The molecule has 1 fully saturated rings. The van der Waals surface area contributed by atoms with Crippen molar-refractivity contribution in [1.82, 2.24) is 5.32 Å². The molecule has 3 heteroatoms. The number of rotatable bonds is 5. The summed E-state index contributed by atoms with van der Waals surface area (Å²) >= 11 is 2.01. The molecule has 1 unspecified atom stereocenters. The third-order valence-electron chi connectivity index (χ3n) is 2.29. The Morgan fingerprint density at radius 3 is 2.50 bits per heavy atom.